The molecule has 5 heteroatoms. The summed E-state index contributed by atoms with van der Waals surface area (Å²) in [5.41, 5.74) is -0.246. The van der Waals surface area contributed by atoms with Crippen LogP contribution in [-0.2, 0) is 0 Å². The predicted octanol–water partition coefficient (Wildman–Crippen LogP) is 0.953. The van der Waals surface area contributed by atoms with Crippen LogP contribution >= 0.6 is 0 Å². The fourth-order valence-electron chi connectivity index (χ4n) is 2.18. The summed E-state index contributed by atoms with van der Waals surface area (Å²) in [4.78, 5) is 27.2. The Morgan fingerprint density at radius 1 is 1.59 bits per heavy atom. The minimum Gasteiger partial charge on any atom is -0.507 e. The van der Waals surface area contributed by atoms with Crippen LogP contribution in [0.2, 0.25) is 0 Å². The van der Waals surface area contributed by atoms with Gasteiger partial charge in [0.05, 0.1) is 5.56 Å². The van der Waals surface area contributed by atoms with E-state index in [4.69, 9.17) is 0 Å². The fourth-order valence-corrected chi connectivity index (χ4v) is 2.18. The lowest BCUT2D eigenvalue weighted by molar-refractivity contribution is 0.0679. The number of hydrogen-bond acceptors (Lipinski definition) is 3. The number of H-pyrrole nitrogens is 1. The Labute approximate surface area is 99.1 Å². The van der Waals surface area contributed by atoms with Crippen molar-refractivity contribution in [3.8, 4) is 5.75 Å². The summed E-state index contributed by atoms with van der Waals surface area (Å²) in [5, 5.41) is 9.59. The molecule has 1 saturated heterocycles. The zero-order valence-corrected chi connectivity index (χ0v) is 9.77. The molecular weight excluding hydrogens is 220 g/mol. The normalized spacial score (nSPS) is 20.3. The number of carbonyl (C=O) groups is 1. The van der Waals surface area contributed by atoms with Gasteiger partial charge in [0, 0.05) is 25.4 Å². The molecule has 2 rings (SSSR count). The average molecular weight is 236 g/mol. The molecule has 1 aliphatic rings. The molecule has 1 aliphatic heterocycles. The van der Waals surface area contributed by atoms with Crippen LogP contribution in [0.1, 0.15) is 30.1 Å². The fraction of sp³-hybridized carbons (Fsp3) is 0.500. The second kappa shape index (κ2) is 4.61. The lowest BCUT2D eigenvalue weighted by atomic mass is 9.99. The van der Waals surface area contributed by atoms with Crippen LogP contribution in [0.4, 0.5) is 0 Å². The van der Waals surface area contributed by atoms with Gasteiger partial charge in [0.2, 0.25) is 0 Å². The van der Waals surface area contributed by atoms with Crippen molar-refractivity contribution >= 4 is 5.91 Å². The Balaban J connectivity index is 2.21. The molecule has 2 N–H and O–H groups in total. The van der Waals surface area contributed by atoms with Crippen molar-refractivity contribution in [3.63, 3.8) is 0 Å². The van der Waals surface area contributed by atoms with Gasteiger partial charge in [-0.05, 0) is 18.8 Å². The van der Waals surface area contributed by atoms with Gasteiger partial charge in [0.25, 0.3) is 11.5 Å². The number of likely N-dealkylation sites (tertiary alicyclic amines) is 1. The second-order valence-electron chi connectivity index (χ2n) is 4.59. The molecule has 2 heterocycles. The molecule has 0 saturated carbocycles. The lowest BCUT2D eigenvalue weighted by Crippen LogP contribution is -2.39. The van der Waals surface area contributed by atoms with Gasteiger partial charge in [-0.1, -0.05) is 6.92 Å². The van der Waals surface area contributed by atoms with Crippen LogP contribution in [0, 0.1) is 5.92 Å². The summed E-state index contributed by atoms with van der Waals surface area (Å²) in [6, 6.07) is 1.03. The maximum atomic E-state index is 12.1. The topological polar surface area (TPSA) is 73.4 Å². The molecule has 1 atom stereocenters. The Morgan fingerprint density at radius 2 is 2.35 bits per heavy atom. The van der Waals surface area contributed by atoms with Crippen LogP contribution < -0.4 is 5.56 Å². The van der Waals surface area contributed by atoms with Crippen molar-refractivity contribution in [2.75, 3.05) is 13.1 Å². The monoisotopic (exact) mass is 236 g/mol. The number of hydrogen-bond donors (Lipinski definition) is 2. The first-order valence-corrected chi connectivity index (χ1v) is 5.79. The Morgan fingerprint density at radius 3 is 3.00 bits per heavy atom. The summed E-state index contributed by atoms with van der Waals surface area (Å²) < 4.78 is 0. The minimum atomic E-state index is -0.411. The molecule has 0 spiro atoms. The van der Waals surface area contributed by atoms with Gasteiger partial charge in [-0.25, -0.2) is 0 Å². The van der Waals surface area contributed by atoms with Gasteiger partial charge in [0.15, 0.2) is 0 Å². The van der Waals surface area contributed by atoms with Crippen LogP contribution in [0.25, 0.3) is 0 Å². The first-order chi connectivity index (χ1) is 8.08. The standard InChI is InChI=1S/C12H16N2O3/c1-8-3-2-4-14(7-8)12(17)9-6-13-11(16)5-10(9)15/h5-6,8H,2-4,7H2,1H3,(H2,13,15,16). The second-order valence-corrected chi connectivity index (χ2v) is 4.59. The number of aromatic hydroxyl groups is 1. The number of aromatic nitrogens is 1. The van der Waals surface area contributed by atoms with E-state index in [9.17, 15) is 14.7 Å². The van der Waals surface area contributed by atoms with Crippen LogP contribution in [-0.4, -0.2) is 34.0 Å². The maximum Gasteiger partial charge on any atom is 0.259 e. The third kappa shape index (κ3) is 2.49. The van der Waals surface area contributed by atoms with Crippen molar-refractivity contribution in [2.24, 2.45) is 5.92 Å². The number of nitrogens with zero attached hydrogens (tertiary/aromatic N) is 1. The van der Waals surface area contributed by atoms with E-state index < -0.39 is 5.56 Å². The highest BCUT2D eigenvalue weighted by atomic mass is 16.3. The van der Waals surface area contributed by atoms with Gasteiger partial charge in [-0.2, -0.15) is 0 Å². The van der Waals surface area contributed by atoms with Crippen molar-refractivity contribution in [1.29, 1.82) is 0 Å². The summed E-state index contributed by atoms with van der Waals surface area (Å²) in [6.07, 6.45) is 3.39. The van der Waals surface area contributed by atoms with E-state index in [-0.39, 0.29) is 17.2 Å². The quantitative estimate of drug-likeness (QED) is 0.762. The Bertz CT molecular complexity index is 481. The molecule has 0 radical (unpaired) electrons. The highest BCUT2D eigenvalue weighted by molar-refractivity contribution is 5.96. The number of nitrogens with one attached hydrogen (secondary N) is 1. The first-order valence-electron chi connectivity index (χ1n) is 5.79. The minimum absolute atomic E-state index is 0.165. The van der Waals surface area contributed by atoms with Crippen LogP contribution in [0.3, 0.4) is 0 Å². The van der Waals surface area contributed by atoms with E-state index in [1.54, 1.807) is 4.90 Å². The molecule has 5 nitrogen and oxygen atoms in total. The van der Waals surface area contributed by atoms with Crippen LogP contribution in [0.15, 0.2) is 17.1 Å². The van der Waals surface area contributed by atoms with Gasteiger partial charge in [0.1, 0.15) is 5.75 Å². The van der Waals surface area contributed by atoms with Crippen LogP contribution in [0.5, 0.6) is 5.75 Å². The molecule has 0 bridgehead atoms. The van der Waals surface area contributed by atoms with E-state index >= 15 is 0 Å². The Hall–Kier alpha value is -1.78. The highest BCUT2D eigenvalue weighted by Crippen LogP contribution is 2.20. The zero-order valence-electron chi connectivity index (χ0n) is 9.77. The average Bonchev–Trinajstić information content (AvgIpc) is 2.28. The number of rotatable bonds is 1. The number of piperidine rings is 1. The smallest absolute Gasteiger partial charge is 0.259 e. The summed E-state index contributed by atoms with van der Waals surface area (Å²) in [6.45, 7) is 3.52. The Kier molecular flexibility index (Phi) is 3.17. The number of carbonyl (C=O) groups excluding carboxylic acids is 1. The molecule has 92 valence electrons. The number of amides is 1. The van der Waals surface area contributed by atoms with Crippen molar-refractivity contribution in [3.05, 3.63) is 28.2 Å². The molecule has 0 aliphatic carbocycles. The molecule has 1 amide bonds. The summed E-state index contributed by atoms with van der Waals surface area (Å²) in [7, 11) is 0. The molecule has 17 heavy (non-hydrogen) atoms. The van der Waals surface area contributed by atoms with Crippen molar-refractivity contribution in [1.82, 2.24) is 9.88 Å². The molecule has 1 aromatic rings. The molecule has 0 aromatic carbocycles. The predicted molar refractivity (Wildman–Crippen MR) is 63.0 cm³/mol. The van der Waals surface area contributed by atoms with E-state index in [1.807, 2.05) is 0 Å². The maximum absolute atomic E-state index is 12.1. The van der Waals surface area contributed by atoms with E-state index in [0.29, 0.717) is 19.0 Å². The van der Waals surface area contributed by atoms with E-state index in [2.05, 4.69) is 11.9 Å². The largest absolute Gasteiger partial charge is 0.507 e. The SMILES string of the molecule is CC1CCCN(C(=O)c2c[nH]c(=O)cc2O)C1. The van der Waals surface area contributed by atoms with Gasteiger partial charge in [-0.3, -0.25) is 9.59 Å². The van der Waals surface area contributed by atoms with Gasteiger partial charge in [-0.15, -0.1) is 0 Å². The van der Waals surface area contributed by atoms with Gasteiger partial charge >= 0.3 is 0 Å². The third-order valence-electron chi connectivity index (χ3n) is 3.08. The highest BCUT2D eigenvalue weighted by Gasteiger charge is 2.23. The molecule has 1 aromatic heterocycles. The third-order valence-corrected chi connectivity index (χ3v) is 3.08. The van der Waals surface area contributed by atoms with Crippen molar-refractivity contribution < 1.29 is 9.90 Å². The summed E-state index contributed by atoms with van der Waals surface area (Å²) in [5.74, 6) is 0.0138. The first kappa shape index (κ1) is 11.7. The molecule has 1 fully saturated rings. The number of pyridine rings is 1. The number of aromatic amines is 1. The van der Waals surface area contributed by atoms with E-state index in [1.165, 1.54) is 6.20 Å². The van der Waals surface area contributed by atoms with Crippen molar-refractivity contribution in [2.45, 2.75) is 19.8 Å². The summed E-state index contributed by atoms with van der Waals surface area (Å²) >= 11 is 0. The zero-order chi connectivity index (χ0) is 12.4. The molecular formula is C12H16N2O3. The van der Waals surface area contributed by atoms with Gasteiger partial charge < -0.3 is 15.0 Å². The lowest BCUT2D eigenvalue weighted by Gasteiger charge is -2.31. The molecule has 1 unspecified atom stereocenters. The van der Waals surface area contributed by atoms with E-state index in [0.717, 1.165) is 18.9 Å².